The minimum absolute atomic E-state index is 0.0161. The monoisotopic (exact) mass is 450 g/mol. The van der Waals surface area contributed by atoms with Crippen molar-refractivity contribution in [3.8, 4) is 10.6 Å². The smallest absolute Gasteiger partial charge is 0.350 e. The minimum Gasteiger partial charge on any atom is -0.455 e. The molecule has 1 saturated heterocycles. The first-order valence-corrected chi connectivity index (χ1v) is 12.1. The SMILES string of the molecule is O=C(OCc1csc(-c2ccccc2)n1)c1sccc1S(=O)(=O)N1CCOCC1. The molecule has 10 heteroatoms. The summed E-state index contributed by atoms with van der Waals surface area (Å²) in [5, 5.41) is 4.25. The maximum atomic E-state index is 12.9. The summed E-state index contributed by atoms with van der Waals surface area (Å²) in [6, 6.07) is 11.2. The number of sulfonamides is 1. The van der Waals surface area contributed by atoms with Crippen molar-refractivity contribution in [3.05, 3.63) is 57.7 Å². The zero-order valence-corrected chi connectivity index (χ0v) is 17.8. The molecule has 4 rings (SSSR count). The van der Waals surface area contributed by atoms with Crippen LogP contribution in [0.15, 0.2) is 52.1 Å². The lowest BCUT2D eigenvalue weighted by atomic mass is 10.2. The second kappa shape index (κ2) is 8.72. The summed E-state index contributed by atoms with van der Waals surface area (Å²) in [6.07, 6.45) is 0. The van der Waals surface area contributed by atoms with E-state index in [1.165, 1.54) is 21.7 Å². The molecule has 3 aromatic rings. The molecule has 1 fully saturated rings. The van der Waals surface area contributed by atoms with E-state index in [-0.39, 0.29) is 29.5 Å². The average molecular weight is 451 g/mol. The molecule has 152 valence electrons. The van der Waals surface area contributed by atoms with Crippen LogP contribution < -0.4 is 0 Å². The third kappa shape index (κ3) is 4.41. The van der Waals surface area contributed by atoms with Crippen molar-refractivity contribution in [2.75, 3.05) is 26.3 Å². The van der Waals surface area contributed by atoms with Crippen LogP contribution in [0.5, 0.6) is 0 Å². The minimum atomic E-state index is -3.76. The highest BCUT2D eigenvalue weighted by atomic mass is 32.2. The fraction of sp³-hybridized carbons (Fsp3) is 0.263. The summed E-state index contributed by atoms with van der Waals surface area (Å²) in [7, 11) is -3.76. The van der Waals surface area contributed by atoms with E-state index in [0.717, 1.165) is 21.9 Å². The standard InChI is InChI=1S/C19H18N2O5S3/c22-19(26-12-15-13-28-18(20-15)14-4-2-1-3-5-14)17-16(6-11-27-17)29(23,24)21-7-9-25-10-8-21/h1-6,11,13H,7-10,12H2. The predicted octanol–water partition coefficient (Wildman–Crippen LogP) is 3.25. The zero-order chi connectivity index (χ0) is 20.3. The van der Waals surface area contributed by atoms with Gasteiger partial charge in [-0.15, -0.1) is 22.7 Å². The van der Waals surface area contributed by atoms with E-state index in [4.69, 9.17) is 9.47 Å². The van der Waals surface area contributed by atoms with Crippen molar-refractivity contribution in [1.82, 2.24) is 9.29 Å². The van der Waals surface area contributed by atoms with Gasteiger partial charge in [-0.1, -0.05) is 30.3 Å². The average Bonchev–Trinajstić information content (AvgIpc) is 3.43. The van der Waals surface area contributed by atoms with Gasteiger partial charge in [0.2, 0.25) is 10.0 Å². The molecule has 29 heavy (non-hydrogen) atoms. The fourth-order valence-electron chi connectivity index (χ4n) is 2.87. The summed E-state index contributed by atoms with van der Waals surface area (Å²) in [5.74, 6) is -0.666. The van der Waals surface area contributed by atoms with Crippen LogP contribution in [-0.4, -0.2) is 50.0 Å². The summed E-state index contributed by atoms with van der Waals surface area (Å²) in [5.41, 5.74) is 1.61. The lowest BCUT2D eigenvalue weighted by Crippen LogP contribution is -2.40. The van der Waals surface area contributed by atoms with Crippen LogP contribution in [-0.2, 0) is 26.1 Å². The first kappa shape index (κ1) is 20.2. The van der Waals surface area contributed by atoms with Crippen molar-refractivity contribution < 1.29 is 22.7 Å². The van der Waals surface area contributed by atoms with Crippen molar-refractivity contribution in [2.24, 2.45) is 0 Å². The Balaban J connectivity index is 1.45. The number of carbonyl (C=O) groups excluding carboxylic acids is 1. The van der Waals surface area contributed by atoms with Crippen LogP contribution in [0, 0.1) is 0 Å². The number of aromatic nitrogens is 1. The number of hydrogen-bond donors (Lipinski definition) is 0. The summed E-state index contributed by atoms with van der Waals surface area (Å²) in [4.78, 5) is 17.1. The maximum Gasteiger partial charge on any atom is 0.350 e. The van der Waals surface area contributed by atoms with Crippen LogP contribution in [0.1, 0.15) is 15.4 Å². The second-order valence-electron chi connectivity index (χ2n) is 6.22. The molecular weight excluding hydrogens is 432 g/mol. The molecule has 7 nitrogen and oxygen atoms in total. The molecule has 0 bridgehead atoms. The number of nitrogens with zero attached hydrogens (tertiary/aromatic N) is 2. The van der Waals surface area contributed by atoms with E-state index >= 15 is 0 Å². The van der Waals surface area contributed by atoms with Crippen molar-refractivity contribution in [3.63, 3.8) is 0 Å². The number of thiophene rings is 1. The molecule has 0 aliphatic carbocycles. The Morgan fingerprint density at radius 2 is 1.90 bits per heavy atom. The van der Waals surface area contributed by atoms with Gasteiger partial charge in [-0.3, -0.25) is 0 Å². The summed E-state index contributed by atoms with van der Waals surface area (Å²) in [6.45, 7) is 1.21. The van der Waals surface area contributed by atoms with Crippen molar-refractivity contribution in [1.29, 1.82) is 0 Å². The molecule has 1 aliphatic rings. The first-order valence-electron chi connectivity index (χ1n) is 8.88. The first-order chi connectivity index (χ1) is 14.1. The Morgan fingerprint density at radius 3 is 2.66 bits per heavy atom. The van der Waals surface area contributed by atoms with E-state index in [1.54, 1.807) is 5.38 Å². The molecular formula is C19H18N2O5S3. The van der Waals surface area contributed by atoms with Gasteiger partial charge in [0.15, 0.2) is 0 Å². The van der Waals surface area contributed by atoms with Gasteiger partial charge >= 0.3 is 5.97 Å². The number of carbonyl (C=O) groups is 1. The van der Waals surface area contributed by atoms with E-state index in [9.17, 15) is 13.2 Å². The molecule has 0 radical (unpaired) electrons. The van der Waals surface area contributed by atoms with Crippen molar-refractivity contribution in [2.45, 2.75) is 11.5 Å². The molecule has 1 aromatic carbocycles. The Labute approximate surface area is 176 Å². The number of morpholine rings is 1. The van der Waals surface area contributed by atoms with E-state index in [0.29, 0.717) is 18.9 Å². The summed E-state index contributed by atoms with van der Waals surface area (Å²) < 4.78 is 37.6. The van der Waals surface area contributed by atoms with E-state index in [2.05, 4.69) is 4.98 Å². The van der Waals surface area contributed by atoms with Crippen LogP contribution in [0.3, 0.4) is 0 Å². The van der Waals surface area contributed by atoms with Crippen LogP contribution >= 0.6 is 22.7 Å². The third-order valence-corrected chi connectivity index (χ3v) is 8.23. The molecule has 2 aromatic heterocycles. The predicted molar refractivity (Wildman–Crippen MR) is 111 cm³/mol. The third-order valence-electron chi connectivity index (χ3n) is 4.33. The van der Waals surface area contributed by atoms with Crippen LogP contribution in [0.4, 0.5) is 0 Å². The lowest BCUT2D eigenvalue weighted by Gasteiger charge is -2.25. The molecule has 3 heterocycles. The molecule has 0 spiro atoms. The van der Waals surface area contributed by atoms with Gasteiger partial charge in [0, 0.05) is 24.0 Å². The Morgan fingerprint density at radius 1 is 1.14 bits per heavy atom. The molecule has 1 aliphatic heterocycles. The molecule has 0 unspecified atom stereocenters. The Hall–Kier alpha value is -2.11. The largest absolute Gasteiger partial charge is 0.455 e. The van der Waals surface area contributed by atoms with Gasteiger partial charge in [0.25, 0.3) is 0 Å². The van der Waals surface area contributed by atoms with Gasteiger partial charge in [-0.2, -0.15) is 4.31 Å². The highest BCUT2D eigenvalue weighted by molar-refractivity contribution is 7.89. The quantitative estimate of drug-likeness (QED) is 0.536. The maximum absolute atomic E-state index is 12.9. The van der Waals surface area contributed by atoms with Crippen LogP contribution in [0.2, 0.25) is 0 Å². The fourth-order valence-corrected chi connectivity index (χ4v) is 6.37. The van der Waals surface area contributed by atoms with Crippen LogP contribution in [0.25, 0.3) is 10.6 Å². The zero-order valence-electron chi connectivity index (χ0n) is 15.3. The molecule has 0 N–H and O–H groups in total. The van der Waals surface area contributed by atoms with Gasteiger partial charge in [0.05, 0.1) is 18.9 Å². The normalized spacial score (nSPS) is 15.3. The topological polar surface area (TPSA) is 85.8 Å². The number of benzene rings is 1. The molecule has 0 amide bonds. The Kier molecular flexibility index (Phi) is 6.07. The Bertz CT molecular complexity index is 1090. The van der Waals surface area contributed by atoms with E-state index in [1.807, 2.05) is 35.7 Å². The van der Waals surface area contributed by atoms with Gasteiger partial charge in [-0.25, -0.2) is 18.2 Å². The number of ether oxygens (including phenoxy) is 2. The number of thiazole rings is 1. The van der Waals surface area contributed by atoms with E-state index < -0.39 is 16.0 Å². The van der Waals surface area contributed by atoms with Gasteiger partial charge < -0.3 is 9.47 Å². The van der Waals surface area contributed by atoms with Gasteiger partial charge in [-0.05, 0) is 11.4 Å². The number of hydrogen-bond acceptors (Lipinski definition) is 8. The number of rotatable bonds is 6. The highest BCUT2D eigenvalue weighted by Gasteiger charge is 2.31. The second-order valence-corrected chi connectivity index (χ2v) is 9.90. The highest BCUT2D eigenvalue weighted by Crippen LogP contribution is 2.28. The summed E-state index contributed by atoms with van der Waals surface area (Å²) >= 11 is 2.52. The lowest BCUT2D eigenvalue weighted by molar-refractivity contribution is 0.0469. The van der Waals surface area contributed by atoms with Crippen molar-refractivity contribution >= 4 is 38.7 Å². The number of esters is 1. The molecule has 0 atom stereocenters. The van der Waals surface area contributed by atoms with Gasteiger partial charge in [0.1, 0.15) is 21.4 Å². The molecule has 0 saturated carbocycles.